The quantitative estimate of drug-likeness (QED) is 0.867. The average Bonchev–Trinajstić information content (AvgIpc) is 2.49. The predicted molar refractivity (Wildman–Crippen MR) is 56.9 cm³/mol. The van der Waals surface area contributed by atoms with Gasteiger partial charge in [0.25, 0.3) is 0 Å². The van der Waals surface area contributed by atoms with E-state index in [9.17, 15) is 13.2 Å². The van der Waals surface area contributed by atoms with E-state index in [0.29, 0.717) is 4.88 Å². The summed E-state index contributed by atoms with van der Waals surface area (Å²) in [5.41, 5.74) is -0.119. The van der Waals surface area contributed by atoms with Crippen LogP contribution in [-0.2, 0) is 14.6 Å². The van der Waals surface area contributed by atoms with Crippen molar-refractivity contribution in [3.05, 3.63) is 16.6 Å². The van der Waals surface area contributed by atoms with Crippen molar-refractivity contribution in [1.82, 2.24) is 4.37 Å². The van der Waals surface area contributed by atoms with Crippen molar-refractivity contribution in [2.75, 3.05) is 6.26 Å². The van der Waals surface area contributed by atoms with Crippen LogP contribution in [-0.4, -0.2) is 30.1 Å². The first-order valence-electron chi connectivity index (χ1n) is 4.06. The third-order valence-electron chi connectivity index (χ3n) is 2.25. The van der Waals surface area contributed by atoms with Crippen LogP contribution in [0.2, 0.25) is 0 Å². The summed E-state index contributed by atoms with van der Waals surface area (Å²) in [7, 11) is -3.29. The Balaban J connectivity index is 3.23. The van der Waals surface area contributed by atoms with Crippen molar-refractivity contribution in [2.45, 2.75) is 18.6 Å². The summed E-state index contributed by atoms with van der Waals surface area (Å²) in [6.45, 7) is 3.06. The second-order valence-electron chi connectivity index (χ2n) is 3.66. The molecule has 0 saturated carbocycles. The van der Waals surface area contributed by atoms with E-state index < -0.39 is 20.6 Å². The van der Waals surface area contributed by atoms with Crippen LogP contribution in [0.3, 0.4) is 0 Å². The van der Waals surface area contributed by atoms with Gasteiger partial charge in [-0.05, 0) is 31.4 Å². The maximum atomic E-state index is 11.5. The molecule has 0 bridgehead atoms. The molecule has 1 rings (SSSR count). The number of hydrogen-bond acceptors (Lipinski definition) is 5. The summed E-state index contributed by atoms with van der Waals surface area (Å²) < 4.78 is 25.5. The fourth-order valence-electron chi connectivity index (χ4n) is 0.842. The Hall–Kier alpha value is -0.950. The smallest absolute Gasteiger partial charge is 0.355 e. The van der Waals surface area contributed by atoms with Gasteiger partial charge in [-0.2, -0.15) is 4.37 Å². The van der Waals surface area contributed by atoms with E-state index in [4.69, 9.17) is 5.11 Å². The van der Waals surface area contributed by atoms with E-state index in [0.717, 1.165) is 17.8 Å². The Morgan fingerprint density at radius 3 is 2.40 bits per heavy atom. The lowest BCUT2D eigenvalue weighted by Crippen LogP contribution is -2.26. The molecular weight excluding hydrogens is 238 g/mol. The highest BCUT2D eigenvalue weighted by atomic mass is 32.2. The largest absolute Gasteiger partial charge is 0.476 e. The molecule has 0 aromatic carbocycles. The summed E-state index contributed by atoms with van der Waals surface area (Å²) in [4.78, 5) is 11.0. The lowest BCUT2D eigenvalue weighted by atomic mass is 10.1. The van der Waals surface area contributed by atoms with Crippen LogP contribution in [0.1, 0.15) is 29.2 Å². The molecule has 0 fully saturated rings. The third-order valence-corrected chi connectivity index (χ3v) is 5.57. The van der Waals surface area contributed by atoms with Crippen LogP contribution in [0.25, 0.3) is 0 Å². The number of aromatic nitrogens is 1. The molecule has 0 aliphatic carbocycles. The molecule has 84 valence electrons. The van der Waals surface area contributed by atoms with Gasteiger partial charge in [0.2, 0.25) is 0 Å². The molecule has 0 aliphatic heterocycles. The van der Waals surface area contributed by atoms with Gasteiger partial charge in [-0.3, -0.25) is 0 Å². The van der Waals surface area contributed by atoms with Crippen molar-refractivity contribution < 1.29 is 18.3 Å². The second kappa shape index (κ2) is 3.57. The summed E-state index contributed by atoms with van der Waals surface area (Å²) in [6.07, 6.45) is 1.12. The fourth-order valence-corrected chi connectivity index (χ4v) is 2.54. The van der Waals surface area contributed by atoms with Gasteiger partial charge < -0.3 is 5.11 Å². The molecular formula is C8H11NO4S2. The lowest BCUT2D eigenvalue weighted by Gasteiger charge is -2.19. The van der Waals surface area contributed by atoms with Crippen LogP contribution >= 0.6 is 11.5 Å². The minimum absolute atomic E-state index is 0.119. The number of carboxylic acids is 1. The number of rotatable bonds is 3. The molecule has 1 aromatic heterocycles. The van der Waals surface area contributed by atoms with Gasteiger partial charge in [0, 0.05) is 11.1 Å². The molecule has 5 nitrogen and oxygen atoms in total. The number of nitrogens with zero attached hydrogens (tertiary/aromatic N) is 1. The zero-order valence-electron chi connectivity index (χ0n) is 8.51. The summed E-state index contributed by atoms with van der Waals surface area (Å²) >= 11 is 0.902. The first-order chi connectivity index (χ1) is 6.66. The van der Waals surface area contributed by atoms with Crippen molar-refractivity contribution in [3.63, 3.8) is 0 Å². The molecule has 1 heterocycles. The van der Waals surface area contributed by atoms with Gasteiger partial charge in [-0.15, -0.1) is 0 Å². The second-order valence-corrected chi connectivity index (χ2v) is 7.03. The number of aromatic carboxylic acids is 1. The molecule has 15 heavy (non-hydrogen) atoms. The SMILES string of the molecule is CC(C)(c1cc(C(=O)O)ns1)S(C)(=O)=O. The van der Waals surface area contributed by atoms with Gasteiger partial charge in [-0.1, -0.05) is 0 Å². The van der Waals surface area contributed by atoms with Crippen molar-refractivity contribution in [2.24, 2.45) is 0 Å². The highest BCUT2D eigenvalue weighted by Crippen LogP contribution is 2.32. The number of carboxylic acid groups (broad SMARTS) is 1. The van der Waals surface area contributed by atoms with Crippen LogP contribution in [0, 0.1) is 0 Å². The van der Waals surface area contributed by atoms with Gasteiger partial charge in [0.1, 0.15) is 4.75 Å². The highest BCUT2D eigenvalue weighted by Gasteiger charge is 2.34. The highest BCUT2D eigenvalue weighted by molar-refractivity contribution is 7.91. The van der Waals surface area contributed by atoms with Crippen LogP contribution in [0.15, 0.2) is 6.07 Å². The van der Waals surface area contributed by atoms with Gasteiger partial charge >= 0.3 is 5.97 Å². The fraction of sp³-hybridized carbons (Fsp3) is 0.500. The number of carbonyl (C=O) groups is 1. The standard InChI is InChI=1S/C8H11NO4S2/c1-8(2,15(3,12)13)6-4-5(7(10)11)9-14-6/h4H,1-3H3,(H,10,11). The number of hydrogen-bond donors (Lipinski definition) is 1. The Morgan fingerprint density at radius 1 is 1.53 bits per heavy atom. The van der Waals surface area contributed by atoms with Gasteiger partial charge in [0.05, 0.1) is 0 Å². The maximum absolute atomic E-state index is 11.5. The Morgan fingerprint density at radius 2 is 2.07 bits per heavy atom. The molecule has 1 aromatic rings. The molecule has 7 heteroatoms. The molecule has 0 saturated heterocycles. The topological polar surface area (TPSA) is 84.3 Å². The van der Waals surface area contributed by atoms with E-state index in [1.807, 2.05) is 0 Å². The van der Waals surface area contributed by atoms with E-state index in [-0.39, 0.29) is 5.69 Å². The van der Waals surface area contributed by atoms with Gasteiger partial charge in [-0.25, -0.2) is 13.2 Å². The maximum Gasteiger partial charge on any atom is 0.355 e. The van der Waals surface area contributed by atoms with Crippen molar-refractivity contribution >= 4 is 27.3 Å². The minimum atomic E-state index is -3.29. The Kier molecular flexibility index (Phi) is 2.88. The summed E-state index contributed by atoms with van der Waals surface area (Å²) in [5.74, 6) is -1.15. The zero-order chi connectivity index (χ0) is 11.9. The molecule has 0 unspecified atom stereocenters. The zero-order valence-corrected chi connectivity index (χ0v) is 10.1. The van der Waals surface area contributed by atoms with Crippen LogP contribution < -0.4 is 0 Å². The Labute approximate surface area is 91.8 Å². The summed E-state index contributed by atoms with van der Waals surface area (Å²) in [5, 5.41) is 8.66. The molecule has 0 radical (unpaired) electrons. The van der Waals surface area contributed by atoms with E-state index in [1.54, 1.807) is 0 Å². The molecule has 0 amide bonds. The minimum Gasteiger partial charge on any atom is -0.476 e. The third kappa shape index (κ3) is 2.18. The van der Waals surface area contributed by atoms with Crippen LogP contribution in [0.4, 0.5) is 0 Å². The van der Waals surface area contributed by atoms with Crippen LogP contribution in [0.5, 0.6) is 0 Å². The molecule has 0 aliphatic rings. The molecule has 0 spiro atoms. The average molecular weight is 249 g/mol. The first kappa shape index (κ1) is 12.1. The molecule has 1 N–H and O–H groups in total. The predicted octanol–water partition coefficient (Wildman–Crippen LogP) is 1.12. The van der Waals surface area contributed by atoms with E-state index in [1.165, 1.54) is 19.9 Å². The number of sulfone groups is 1. The van der Waals surface area contributed by atoms with Crippen molar-refractivity contribution in [3.8, 4) is 0 Å². The summed E-state index contributed by atoms with van der Waals surface area (Å²) in [6, 6.07) is 1.30. The lowest BCUT2D eigenvalue weighted by molar-refractivity contribution is 0.0692. The normalized spacial score (nSPS) is 12.7. The molecule has 0 atom stereocenters. The van der Waals surface area contributed by atoms with Gasteiger partial charge in [0.15, 0.2) is 15.5 Å². The Bertz CT molecular complexity index is 486. The van der Waals surface area contributed by atoms with E-state index in [2.05, 4.69) is 4.37 Å². The van der Waals surface area contributed by atoms with Crippen molar-refractivity contribution in [1.29, 1.82) is 0 Å². The first-order valence-corrected chi connectivity index (χ1v) is 6.73. The monoisotopic (exact) mass is 249 g/mol. The van der Waals surface area contributed by atoms with E-state index >= 15 is 0 Å².